The van der Waals surface area contributed by atoms with Crippen LogP contribution in [-0.2, 0) is 11.2 Å². The predicted molar refractivity (Wildman–Crippen MR) is 100 cm³/mol. The average molecular weight is 388 g/mol. The fraction of sp³-hybridized carbons (Fsp3) is 0.333. The molecule has 1 fully saturated rings. The topological polar surface area (TPSA) is 49.9 Å². The summed E-state index contributed by atoms with van der Waals surface area (Å²) in [6.45, 7) is 3.35. The summed E-state index contributed by atoms with van der Waals surface area (Å²) in [4.78, 5) is 28.0. The van der Waals surface area contributed by atoms with Crippen LogP contribution in [0.5, 0.6) is 5.75 Å². The molecule has 2 amide bonds. The van der Waals surface area contributed by atoms with E-state index < -0.39 is 11.6 Å². The number of aryl methyl sites for hydroxylation is 1. The fourth-order valence-electron chi connectivity index (χ4n) is 3.14. The van der Waals surface area contributed by atoms with Gasteiger partial charge >= 0.3 is 0 Å². The van der Waals surface area contributed by atoms with Crippen molar-refractivity contribution in [3.05, 3.63) is 65.2 Å². The largest absolute Gasteiger partial charge is 0.483 e. The standard InChI is InChI=1S/C21H22F2N2O3/c1-2-15-5-3-4-6-19(15)28-14-20(26)24-9-11-25(12-10-24)21(27)16-7-8-17(22)18(23)13-16/h3-8,13H,2,9-12,14H2,1H3. The molecule has 28 heavy (non-hydrogen) atoms. The highest BCUT2D eigenvalue weighted by Gasteiger charge is 2.25. The van der Waals surface area contributed by atoms with Crippen LogP contribution in [0.1, 0.15) is 22.8 Å². The molecule has 2 aromatic rings. The molecule has 5 nitrogen and oxygen atoms in total. The van der Waals surface area contributed by atoms with Gasteiger partial charge in [0.05, 0.1) is 0 Å². The molecule has 0 aromatic heterocycles. The van der Waals surface area contributed by atoms with Gasteiger partial charge in [0.15, 0.2) is 18.2 Å². The van der Waals surface area contributed by atoms with Crippen LogP contribution in [0.15, 0.2) is 42.5 Å². The SMILES string of the molecule is CCc1ccccc1OCC(=O)N1CCN(C(=O)c2ccc(F)c(F)c2)CC1. The molecule has 1 aliphatic heterocycles. The van der Waals surface area contributed by atoms with Gasteiger partial charge in [-0.2, -0.15) is 0 Å². The molecule has 1 aliphatic rings. The first-order valence-corrected chi connectivity index (χ1v) is 9.22. The Morgan fingerprint density at radius 2 is 1.64 bits per heavy atom. The maximum absolute atomic E-state index is 13.3. The fourth-order valence-corrected chi connectivity index (χ4v) is 3.14. The van der Waals surface area contributed by atoms with Crippen molar-refractivity contribution in [2.75, 3.05) is 32.8 Å². The Morgan fingerprint density at radius 3 is 2.32 bits per heavy atom. The van der Waals surface area contributed by atoms with Crippen LogP contribution < -0.4 is 4.74 Å². The molecule has 3 rings (SSSR count). The second-order valence-electron chi connectivity index (χ2n) is 6.55. The molecule has 1 saturated heterocycles. The van der Waals surface area contributed by atoms with Crippen molar-refractivity contribution < 1.29 is 23.1 Å². The summed E-state index contributed by atoms with van der Waals surface area (Å²) < 4.78 is 32.0. The van der Waals surface area contributed by atoms with Gasteiger partial charge in [0.25, 0.3) is 11.8 Å². The van der Waals surface area contributed by atoms with Crippen LogP contribution in [-0.4, -0.2) is 54.4 Å². The normalized spacial score (nSPS) is 14.1. The molecule has 0 bridgehead atoms. The summed E-state index contributed by atoms with van der Waals surface area (Å²) in [7, 11) is 0. The van der Waals surface area contributed by atoms with E-state index in [0.29, 0.717) is 31.9 Å². The number of rotatable bonds is 5. The van der Waals surface area contributed by atoms with Gasteiger partial charge in [0.2, 0.25) is 0 Å². The van der Waals surface area contributed by atoms with Gasteiger partial charge in [-0.25, -0.2) is 8.78 Å². The molecule has 2 aromatic carbocycles. The van der Waals surface area contributed by atoms with Crippen molar-refractivity contribution in [2.45, 2.75) is 13.3 Å². The molecule has 0 radical (unpaired) electrons. The third-order valence-corrected chi connectivity index (χ3v) is 4.79. The number of amides is 2. The van der Waals surface area contributed by atoms with E-state index in [1.54, 1.807) is 4.90 Å². The second kappa shape index (κ2) is 8.82. The number of hydrogen-bond donors (Lipinski definition) is 0. The number of benzene rings is 2. The van der Waals surface area contributed by atoms with E-state index in [1.807, 2.05) is 31.2 Å². The molecule has 0 atom stereocenters. The van der Waals surface area contributed by atoms with Crippen LogP contribution in [0.4, 0.5) is 8.78 Å². The number of hydrogen-bond acceptors (Lipinski definition) is 3. The number of piperazine rings is 1. The first-order valence-electron chi connectivity index (χ1n) is 9.22. The zero-order valence-corrected chi connectivity index (χ0v) is 15.7. The minimum absolute atomic E-state index is 0.0614. The quantitative estimate of drug-likeness (QED) is 0.792. The third kappa shape index (κ3) is 4.47. The lowest BCUT2D eigenvalue weighted by Gasteiger charge is -2.34. The molecule has 0 saturated carbocycles. The van der Waals surface area contributed by atoms with Crippen molar-refractivity contribution in [3.63, 3.8) is 0 Å². The summed E-state index contributed by atoms with van der Waals surface area (Å²) in [5, 5.41) is 0. The number of ether oxygens (including phenoxy) is 1. The maximum Gasteiger partial charge on any atom is 0.260 e. The van der Waals surface area contributed by atoms with Crippen molar-refractivity contribution in [1.82, 2.24) is 9.80 Å². The minimum atomic E-state index is -1.05. The Kier molecular flexibility index (Phi) is 6.23. The van der Waals surface area contributed by atoms with Crippen LogP contribution in [0, 0.1) is 11.6 Å². The molecule has 0 aliphatic carbocycles. The lowest BCUT2D eigenvalue weighted by atomic mass is 10.1. The maximum atomic E-state index is 13.3. The van der Waals surface area contributed by atoms with E-state index in [0.717, 1.165) is 24.1 Å². The Bertz CT molecular complexity index is 864. The minimum Gasteiger partial charge on any atom is -0.483 e. The molecular formula is C21H22F2N2O3. The highest BCUT2D eigenvalue weighted by molar-refractivity contribution is 5.94. The van der Waals surface area contributed by atoms with E-state index in [-0.39, 0.29) is 24.0 Å². The number of nitrogens with zero attached hydrogens (tertiary/aromatic N) is 2. The van der Waals surface area contributed by atoms with Crippen molar-refractivity contribution >= 4 is 11.8 Å². The second-order valence-corrected chi connectivity index (χ2v) is 6.55. The van der Waals surface area contributed by atoms with Gasteiger partial charge in [0.1, 0.15) is 5.75 Å². The van der Waals surface area contributed by atoms with Crippen LogP contribution in [0.2, 0.25) is 0 Å². The Hall–Kier alpha value is -2.96. The Balaban J connectivity index is 1.52. The third-order valence-electron chi connectivity index (χ3n) is 4.79. The summed E-state index contributed by atoms with van der Waals surface area (Å²) in [6, 6.07) is 10.7. The number of para-hydroxylation sites is 1. The molecule has 0 spiro atoms. The lowest BCUT2D eigenvalue weighted by Crippen LogP contribution is -2.51. The van der Waals surface area contributed by atoms with Gasteiger partial charge in [-0.05, 0) is 36.2 Å². The monoisotopic (exact) mass is 388 g/mol. The molecule has 1 heterocycles. The molecular weight excluding hydrogens is 366 g/mol. The molecule has 148 valence electrons. The van der Waals surface area contributed by atoms with E-state index in [2.05, 4.69) is 0 Å². The Morgan fingerprint density at radius 1 is 0.964 bits per heavy atom. The van der Waals surface area contributed by atoms with Gasteiger partial charge < -0.3 is 14.5 Å². The van der Waals surface area contributed by atoms with Crippen LogP contribution >= 0.6 is 0 Å². The zero-order valence-electron chi connectivity index (χ0n) is 15.7. The first kappa shape index (κ1) is 19.8. The van der Waals surface area contributed by atoms with Crippen LogP contribution in [0.3, 0.4) is 0 Å². The van der Waals surface area contributed by atoms with E-state index in [1.165, 1.54) is 11.0 Å². The zero-order chi connectivity index (χ0) is 20.1. The number of halogens is 2. The highest BCUT2D eigenvalue weighted by atomic mass is 19.2. The summed E-state index contributed by atoms with van der Waals surface area (Å²) in [5.74, 6) is -1.86. The summed E-state index contributed by atoms with van der Waals surface area (Å²) in [5.41, 5.74) is 1.13. The molecule has 0 unspecified atom stereocenters. The first-order chi connectivity index (χ1) is 13.5. The van der Waals surface area contributed by atoms with Crippen molar-refractivity contribution in [2.24, 2.45) is 0 Å². The predicted octanol–water partition coefficient (Wildman–Crippen LogP) is 2.89. The number of carbonyl (C=O) groups is 2. The summed E-state index contributed by atoms with van der Waals surface area (Å²) in [6.07, 6.45) is 0.815. The van der Waals surface area contributed by atoms with Gasteiger partial charge in [0, 0.05) is 31.7 Å². The van der Waals surface area contributed by atoms with Crippen molar-refractivity contribution in [3.8, 4) is 5.75 Å². The summed E-state index contributed by atoms with van der Waals surface area (Å²) >= 11 is 0. The molecule has 0 N–H and O–H groups in total. The van der Waals surface area contributed by atoms with Gasteiger partial charge in [-0.15, -0.1) is 0 Å². The van der Waals surface area contributed by atoms with E-state index in [9.17, 15) is 18.4 Å². The van der Waals surface area contributed by atoms with E-state index in [4.69, 9.17) is 4.74 Å². The van der Waals surface area contributed by atoms with Gasteiger partial charge in [-0.3, -0.25) is 9.59 Å². The smallest absolute Gasteiger partial charge is 0.260 e. The average Bonchev–Trinajstić information content (AvgIpc) is 2.73. The van der Waals surface area contributed by atoms with Crippen LogP contribution in [0.25, 0.3) is 0 Å². The van der Waals surface area contributed by atoms with Gasteiger partial charge in [-0.1, -0.05) is 25.1 Å². The lowest BCUT2D eigenvalue weighted by molar-refractivity contribution is -0.134. The van der Waals surface area contributed by atoms with E-state index >= 15 is 0 Å². The number of carbonyl (C=O) groups excluding carboxylic acids is 2. The highest BCUT2D eigenvalue weighted by Crippen LogP contribution is 2.18. The van der Waals surface area contributed by atoms with Crippen molar-refractivity contribution in [1.29, 1.82) is 0 Å². The molecule has 7 heteroatoms. The Labute approximate surface area is 162 Å².